The van der Waals surface area contributed by atoms with Crippen molar-refractivity contribution >= 4 is 23.3 Å². The fraction of sp³-hybridized carbons (Fsp3) is 0.231. The molecule has 0 unspecified atom stereocenters. The summed E-state index contributed by atoms with van der Waals surface area (Å²) < 4.78 is 18.6. The van der Waals surface area contributed by atoms with Gasteiger partial charge in [-0.3, -0.25) is 4.79 Å². The Morgan fingerprint density at radius 3 is 2.79 bits per heavy atom. The van der Waals surface area contributed by atoms with Gasteiger partial charge in [0.15, 0.2) is 5.82 Å². The number of anilines is 1. The van der Waals surface area contributed by atoms with Crippen molar-refractivity contribution in [1.29, 1.82) is 0 Å². The van der Waals surface area contributed by atoms with Crippen molar-refractivity contribution in [3.63, 3.8) is 0 Å². The molecule has 0 aliphatic carbocycles. The quantitative estimate of drug-likeness (QED) is 0.930. The summed E-state index contributed by atoms with van der Waals surface area (Å²) in [7, 11) is 0. The molecular formula is C13H12ClFN2O2. The summed E-state index contributed by atoms with van der Waals surface area (Å²) in [6.07, 6.45) is 0. The molecule has 4 nitrogen and oxygen atoms in total. The van der Waals surface area contributed by atoms with Crippen LogP contribution in [0.3, 0.4) is 0 Å². The molecule has 0 saturated heterocycles. The van der Waals surface area contributed by atoms with Gasteiger partial charge in [0, 0.05) is 12.0 Å². The van der Waals surface area contributed by atoms with Gasteiger partial charge in [-0.1, -0.05) is 36.7 Å². The van der Waals surface area contributed by atoms with E-state index >= 15 is 0 Å². The number of amides is 1. The Bertz CT molecular complexity index is 590. The van der Waals surface area contributed by atoms with Crippen molar-refractivity contribution in [1.82, 2.24) is 5.16 Å². The summed E-state index contributed by atoms with van der Waals surface area (Å²) in [4.78, 5) is 11.9. The number of nitrogens with one attached hydrogen (secondary N) is 1. The number of nitrogens with zero attached hydrogens (tertiary/aromatic N) is 1. The van der Waals surface area contributed by atoms with E-state index in [1.165, 1.54) is 18.2 Å². The molecule has 1 aromatic carbocycles. The Kier molecular flexibility index (Phi) is 3.85. The molecule has 1 amide bonds. The fourth-order valence-corrected chi connectivity index (χ4v) is 1.76. The number of aromatic nitrogens is 1. The smallest absolute Gasteiger partial charge is 0.261 e. The Morgan fingerprint density at radius 1 is 1.47 bits per heavy atom. The topological polar surface area (TPSA) is 55.1 Å². The molecule has 0 aliphatic heterocycles. The van der Waals surface area contributed by atoms with E-state index in [4.69, 9.17) is 16.1 Å². The van der Waals surface area contributed by atoms with Crippen LogP contribution in [0, 0.1) is 5.82 Å². The average molecular weight is 283 g/mol. The van der Waals surface area contributed by atoms with E-state index in [0.29, 0.717) is 5.76 Å². The highest BCUT2D eigenvalue weighted by atomic mass is 35.5. The van der Waals surface area contributed by atoms with Crippen LogP contribution in [0.5, 0.6) is 0 Å². The van der Waals surface area contributed by atoms with Crippen molar-refractivity contribution in [3.8, 4) is 0 Å². The highest BCUT2D eigenvalue weighted by Crippen LogP contribution is 2.22. The minimum Gasteiger partial charge on any atom is -0.359 e. The van der Waals surface area contributed by atoms with Crippen LogP contribution in [-0.4, -0.2) is 11.1 Å². The number of carbonyl (C=O) groups excluding carboxylic acids is 1. The Labute approximate surface area is 114 Å². The minimum absolute atomic E-state index is 0.0464. The van der Waals surface area contributed by atoms with Crippen LogP contribution >= 0.6 is 11.6 Å². The van der Waals surface area contributed by atoms with E-state index in [1.54, 1.807) is 6.07 Å². The molecule has 6 heteroatoms. The monoisotopic (exact) mass is 282 g/mol. The lowest BCUT2D eigenvalue weighted by Crippen LogP contribution is -2.14. The number of rotatable bonds is 3. The van der Waals surface area contributed by atoms with E-state index in [0.717, 1.165) is 0 Å². The maximum atomic E-state index is 13.5. The van der Waals surface area contributed by atoms with Gasteiger partial charge in [-0.05, 0) is 12.1 Å². The van der Waals surface area contributed by atoms with Gasteiger partial charge in [-0.15, -0.1) is 0 Å². The van der Waals surface area contributed by atoms with Crippen LogP contribution in [0.15, 0.2) is 28.8 Å². The third-order valence-electron chi connectivity index (χ3n) is 2.53. The molecule has 100 valence electrons. The SMILES string of the molecule is CC(C)c1cc(NC(=O)c2c(F)cccc2Cl)no1. The summed E-state index contributed by atoms with van der Waals surface area (Å²) in [5, 5.41) is 6.18. The summed E-state index contributed by atoms with van der Waals surface area (Å²) in [6, 6.07) is 5.64. The molecule has 19 heavy (non-hydrogen) atoms. The van der Waals surface area contributed by atoms with Crippen molar-refractivity contribution in [3.05, 3.63) is 46.4 Å². The number of hydrogen-bond acceptors (Lipinski definition) is 3. The number of hydrogen-bond donors (Lipinski definition) is 1. The van der Waals surface area contributed by atoms with E-state index in [9.17, 15) is 9.18 Å². The molecule has 0 fully saturated rings. The number of benzene rings is 1. The summed E-state index contributed by atoms with van der Waals surface area (Å²) in [6.45, 7) is 3.86. The molecule has 0 bridgehead atoms. The van der Waals surface area contributed by atoms with Gasteiger partial charge >= 0.3 is 0 Å². The summed E-state index contributed by atoms with van der Waals surface area (Å²) in [5.41, 5.74) is -0.210. The maximum Gasteiger partial charge on any atom is 0.261 e. The van der Waals surface area contributed by atoms with E-state index in [1.807, 2.05) is 13.8 Å². The molecule has 0 atom stereocenters. The zero-order valence-electron chi connectivity index (χ0n) is 10.4. The lowest BCUT2D eigenvalue weighted by Gasteiger charge is -2.04. The molecule has 0 saturated carbocycles. The first-order valence-corrected chi connectivity index (χ1v) is 6.09. The molecular weight excluding hydrogens is 271 g/mol. The standard InChI is InChI=1S/C13H12ClFN2O2/c1-7(2)10-6-11(17-19-10)16-13(18)12-8(14)4-3-5-9(12)15/h3-7H,1-2H3,(H,16,17,18). The predicted octanol–water partition coefficient (Wildman–Crippen LogP) is 3.84. The van der Waals surface area contributed by atoms with Crippen LogP contribution in [0.25, 0.3) is 0 Å². The van der Waals surface area contributed by atoms with Crippen molar-refractivity contribution < 1.29 is 13.7 Å². The van der Waals surface area contributed by atoms with Gasteiger partial charge in [-0.25, -0.2) is 4.39 Å². The molecule has 0 radical (unpaired) electrons. The third kappa shape index (κ3) is 2.93. The predicted molar refractivity (Wildman–Crippen MR) is 70.0 cm³/mol. The Hall–Kier alpha value is -1.88. The van der Waals surface area contributed by atoms with Gasteiger partial charge < -0.3 is 9.84 Å². The van der Waals surface area contributed by atoms with Crippen molar-refractivity contribution in [2.75, 3.05) is 5.32 Å². The Morgan fingerprint density at radius 2 is 2.21 bits per heavy atom. The fourth-order valence-electron chi connectivity index (χ4n) is 1.51. The van der Waals surface area contributed by atoms with Gasteiger partial charge in [-0.2, -0.15) is 0 Å². The van der Waals surface area contributed by atoms with Crippen LogP contribution in [-0.2, 0) is 0 Å². The molecule has 0 spiro atoms. The first-order chi connectivity index (χ1) is 8.99. The van der Waals surface area contributed by atoms with Gasteiger partial charge in [0.25, 0.3) is 5.91 Å². The maximum absolute atomic E-state index is 13.5. The van der Waals surface area contributed by atoms with Crippen molar-refractivity contribution in [2.24, 2.45) is 0 Å². The summed E-state index contributed by atoms with van der Waals surface area (Å²) in [5.74, 6) is -0.331. The number of carbonyl (C=O) groups is 1. The normalized spacial score (nSPS) is 10.8. The van der Waals surface area contributed by atoms with Crippen molar-refractivity contribution in [2.45, 2.75) is 19.8 Å². The van der Waals surface area contributed by atoms with Gasteiger partial charge in [0.1, 0.15) is 11.6 Å². The van der Waals surface area contributed by atoms with Gasteiger partial charge in [0.05, 0.1) is 10.6 Å². The molecule has 1 heterocycles. The Balaban J connectivity index is 2.21. The average Bonchev–Trinajstić information content (AvgIpc) is 2.77. The molecule has 1 aromatic heterocycles. The van der Waals surface area contributed by atoms with E-state index in [2.05, 4.69) is 10.5 Å². The zero-order chi connectivity index (χ0) is 14.0. The molecule has 2 aromatic rings. The first-order valence-electron chi connectivity index (χ1n) is 5.71. The lowest BCUT2D eigenvalue weighted by molar-refractivity contribution is 0.102. The second-order valence-electron chi connectivity index (χ2n) is 4.32. The molecule has 2 rings (SSSR count). The van der Waals surface area contributed by atoms with Gasteiger partial charge in [0.2, 0.25) is 0 Å². The van der Waals surface area contributed by atoms with E-state index in [-0.39, 0.29) is 22.3 Å². The zero-order valence-corrected chi connectivity index (χ0v) is 11.2. The van der Waals surface area contributed by atoms with Crippen LogP contribution in [0.4, 0.5) is 10.2 Å². The molecule has 0 aliphatic rings. The van der Waals surface area contributed by atoms with Crippen LogP contribution < -0.4 is 5.32 Å². The van der Waals surface area contributed by atoms with E-state index < -0.39 is 11.7 Å². The second-order valence-corrected chi connectivity index (χ2v) is 4.73. The minimum atomic E-state index is -0.683. The second kappa shape index (κ2) is 5.40. The lowest BCUT2D eigenvalue weighted by atomic mass is 10.1. The largest absolute Gasteiger partial charge is 0.359 e. The van der Waals surface area contributed by atoms with Crippen LogP contribution in [0.1, 0.15) is 35.9 Å². The number of halogens is 2. The highest BCUT2D eigenvalue weighted by molar-refractivity contribution is 6.34. The highest BCUT2D eigenvalue weighted by Gasteiger charge is 2.17. The third-order valence-corrected chi connectivity index (χ3v) is 2.84. The molecule has 1 N–H and O–H groups in total. The summed E-state index contributed by atoms with van der Waals surface area (Å²) >= 11 is 5.80. The van der Waals surface area contributed by atoms with Crippen LogP contribution in [0.2, 0.25) is 5.02 Å². The first kappa shape index (κ1) is 13.5.